The van der Waals surface area contributed by atoms with Gasteiger partial charge in [-0.2, -0.15) is 17.7 Å². The number of hydrogen-bond donors (Lipinski definition) is 2. The van der Waals surface area contributed by atoms with Crippen LogP contribution in [0.1, 0.15) is 5.56 Å². The van der Waals surface area contributed by atoms with Gasteiger partial charge in [-0.3, -0.25) is 0 Å². The summed E-state index contributed by atoms with van der Waals surface area (Å²) in [4.78, 5) is 14.9. The summed E-state index contributed by atoms with van der Waals surface area (Å²) >= 11 is 1.58. The van der Waals surface area contributed by atoms with Crippen LogP contribution < -0.4 is 11.6 Å². The van der Waals surface area contributed by atoms with Crippen LogP contribution in [-0.4, -0.2) is 17.8 Å². The van der Waals surface area contributed by atoms with E-state index in [-0.39, 0.29) is 0 Å². The molecule has 0 unspecified atom stereocenters. The topological polar surface area (TPSA) is 78.3 Å². The molecule has 1 rings (SSSR count). The summed E-state index contributed by atoms with van der Waals surface area (Å²) in [6, 6.07) is 9.32. The average molecular weight is 226 g/mol. The molecule has 0 spiro atoms. The molecule has 0 amide bonds. The summed E-state index contributed by atoms with van der Waals surface area (Å²) in [6.07, 6.45) is 0. The Bertz CT molecular complexity index is 306. The molecule has 4 nitrogen and oxygen atoms in total. The standard InChI is InChI=1S/C10H14N2O2S/c11-9(10(13)14-12)7-15-6-8-4-2-1-3-5-8/h1-5,9H,6-7,11-12H2/t9-/m0/s1. The van der Waals surface area contributed by atoms with Crippen LogP contribution in [-0.2, 0) is 15.4 Å². The lowest BCUT2D eigenvalue weighted by molar-refractivity contribution is -0.145. The molecule has 82 valence electrons. The van der Waals surface area contributed by atoms with E-state index in [1.165, 1.54) is 5.56 Å². The fourth-order valence-corrected chi connectivity index (χ4v) is 1.97. The second-order valence-electron chi connectivity index (χ2n) is 3.04. The zero-order chi connectivity index (χ0) is 11.1. The molecule has 0 saturated carbocycles. The highest BCUT2D eigenvalue weighted by atomic mass is 32.2. The van der Waals surface area contributed by atoms with Crippen molar-refractivity contribution in [3.63, 3.8) is 0 Å². The highest BCUT2D eigenvalue weighted by Gasteiger charge is 2.13. The minimum Gasteiger partial charge on any atom is -0.372 e. The van der Waals surface area contributed by atoms with Gasteiger partial charge in [0.2, 0.25) is 0 Å². The van der Waals surface area contributed by atoms with Gasteiger partial charge < -0.3 is 10.6 Å². The number of thioether (sulfide) groups is 1. The minimum absolute atomic E-state index is 0.505. The molecule has 0 radical (unpaired) electrons. The maximum absolute atomic E-state index is 10.9. The summed E-state index contributed by atoms with van der Waals surface area (Å²) in [7, 11) is 0. The molecule has 0 aliphatic heterocycles. The molecule has 0 aliphatic carbocycles. The SMILES string of the molecule is NOC(=O)[C@@H](N)CSCc1ccccc1. The highest BCUT2D eigenvalue weighted by Crippen LogP contribution is 2.12. The molecule has 0 saturated heterocycles. The lowest BCUT2D eigenvalue weighted by Crippen LogP contribution is -2.36. The normalized spacial score (nSPS) is 12.1. The van der Waals surface area contributed by atoms with Gasteiger partial charge in [-0.05, 0) is 5.56 Å². The van der Waals surface area contributed by atoms with E-state index in [9.17, 15) is 4.79 Å². The molecule has 1 aromatic carbocycles. The van der Waals surface area contributed by atoms with E-state index in [2.05, 4.69) is 4.84 Å². The maximum Gasteiger partial charge on any atom is 0.342 e. The van der Waals surface area contributed by atoms with Crippen molar-refractivity contribution in [1.29, 1.82) is 0 Å². The van der Waals surface area contributed by atoms with Gasteiger partial charge in [0.05, 0.1) is 0 Å². The van der Waals surface area contributed by atoms with Gasteiger partial charge in [0.25, 0.3) is 0 Å². The number of hydrogen-bond acceptors (Lipinski definition) is 5. The predicted molar refractivity (Wildman–Crippen MR) is 60.9 cm³/mol. The molecule has 4 N–H and O–H groups in total. The van der Waals surface area contributed by atoms with E-state index in [0.29, 0.717) is 5.75 Å². The first-order valence-electron chi connectivity index (χ1n) is 4.52. The predicted octanol–water partition coefficient (Wildman–Crippen LogP) is 0.664. The Balaban J connectivity index is 2.25. The third kappa shape index (κ3) is 4.33. The Kier molecular flexibility index (Phi) is 5.17. The van der Waals surface area contributed by atoms with Crippen molar-refractivity contribution in [2.45, 2.75) is 11.8 Å². The van der Waals surface area contributed by atoms with E-state index in [0.717, 1.165) is 5.75 Å². The second kappa shape index (κ2) is 6.44. The first kappa shape index (κ1) is 12.0. The molecule has 0 fully saturated rings. The lowest BCUT2D eigenvalue weighted by Gasteiger charge is -2.07. The van der Waals surface area contributed by atoms with Gasteiger partial charge in [-0.1, -0.05) is 30.3 Å². The molecule has 15 heavy (non-hydrogen) atoms. The Labute approximate surface area is 92.9 Å². The monoisotopic (exact) mass is 226 g/mol. The van der Waals surface area contributed by atoms with E-state index in [4.69, 9.17) is 11.6 Å². The van der Waals surface area contributed by atoms with Gasteiger partial charge in [-0.15, -0.1) is 0 Å². The van der Waals surface area contributed by atoms with Gasteiger partial charge in [0.1, 0.15) is 6.04 Å². The Hall–Kier alpha value is -1.04. The average Bonchev–Trinajstić information content (AvgIpc) is 2.29. The van der Waals surface area contributed by atoms with Gasteiger partial charge in [0, 0.05) is 11.5 Å². The van der Waals surface area contributed by atoms with Crippen LogP contribution in [0.3, 0.4) is 0 Å². The summed E-state index contributed by atoms with van der Waals surface area (Å²) in [5, 5.41) is 0. The molecular weight excluding hydrogens is 212 g/mol. The van der Waals surface area contributed by atoms with Crippen molar-refractivity contribution in [3.8, 4) is 0 Å². The van der Waals surface area contributed by atoms with Crippen LogP contribution in [0, 0.1) is 0 Å². The molecule has 0 bridgehead atoms. The fraction of sp³-hybridized carbons (Fsp3) is 0.300. The molecular formula is C10H14N2O2S. The van der Waals surface area contributed by atoms with Crippen molar-refractivity contribution in [1.82, 2.24) is 0 Å². The first-order valence-corrected chi connectivity index (χ1v) is 5.67. The fourth-order valence-electron chi connectivity index (χ4n) is 1.03. The summed E-state index contributed by atoms with van der Waals surface area (Å²) in [5.74, 6) is 5.47. The number of nitrogens with two attached hydrogens (primary N) is 2. The largest absolute Gasteiger partial charge is 0.372 e. The number of benzene rings is 1. The third-order valence-corrected chi connectivity index (χ3v) is 2.96. The lowest BCUT2D eigenvalue weighted by atomic mass is 10.2. The second-order valence-corrected chi connectivity index (χ2v) is 4.07. The smallest absolute Gasteiger partial charge is 0.342 e. The van der Waals surface area contributed by atoms with Crippen LogP contribution in [0.15, 0.2) is 30.3 Å². The van der Waals surface area contributed by atoms with Crippen LogP contribution in [0.2, 0.25) is 0 Å². The van der Waals surface area contributed by atoms with E-state index < -0.39 is 12.0 Å². The molecule has 0 heterocycles. The molecule has 0 aliphatic rings. The van der Waals surface area contributed by atoms with Crippen molar-refractivity contribution < 1.29 is 9.63 Å². The van der Waals surface area contributed by atoms with E-state index in [1.54, 1.807) is 11.8 Å². The molecule has 5 heteroatoms. The zero-order valence-corrected chi connectivity index (χ0v) is 9.07. The van der Waals surface area contributed by atoms with Gasteiger partial charge in [0.15, 0.2) is 0 Å². The van der Waals surface area contributed by atoms with Crippen LogP contribution >= 0.6 is 11.8 Å². The van der Waals surface area contributed by atoms with E-state index >= 15 is 0 Å². The molecule has 1 aromatic rings. The van der Waals surface area contributed by atoms with Crippen molar-refractivity contribution in [2.75, 3.05) is 5.75 Å². The maximum atomic E-state index is 10.9. The van der Waals surface area contributed by atoms with Crippen molar-refractivity contribution in [3.05, 3.63) is 35.9 Å². The number of rotatable bonds is 5. The number of carbonyl (C=O) groups is 1. The third-order valence-electron chi connectivity index (χ3n) is 1.83. The first-order chi connectivity index (χ1) is 7.24. The molecule has 1 atom stereocenters. The Morgan fingerprint density at radius 3 is 2.67 bits per heavy atom. The molecule has 0 aromatic heterocycles. The van der Waals surface area contributed by atoms with Gasteiger partial charge in [-0.25, -0.2) is 4.79 Å². The van der Waals surface area contributed by atoms with Crippen LogP contribution in [0.5, 0.6) is 0 Å². The Morgan fingerprint density at radius 1 is 1.40 bits per heavy atom. The van der Waals surface area contributed by atoms with Crippen LogP contribution in [0.4, 0.5) is 0 Å². The van der Waals surface area contributed by atoms with Crippen molar-refractivity contribution >= 4 is 17.7 Å². The quantitative estimate of drug-likeness (QED) is 0.721. The summed E-state index contributed by atoms with van der Waals surface area (Å²) < 4.78 is 0. The van der Waals surface area contributed by atoms with Crippen LogP contribution in [0.25, 0.3) is 0 Å². The Morgan fingerprint density at radius 2 is 2.07 bits per heavy atom. The minimum atomic E-state index is -0.649. The van der Waals surface area contributed by atoms with E-state index in [1.807, 2.05) is 30.3 Å². The van der Waals surface area contributed by atoms with Crippen molar-refractivity contribution in [2.24, 2.45) is 11.6 Å². The van der Waals surface area contributed by atoms with Gasteiger partial charge >= 0.3 is 5.97 Å². The summed E-state index contributed by atoms with van der Waals surface area (Å²) in [6.45, 7) is 0. The zero-order valence-electron chi connectivity index (χ0n) is 8.26. The highest BCUT2D eigenvalue weighted by molar-refractivity contribution is 7.98. The number of carbonyl (C=O) groups excluding carboxylic acids is 1. The summed E-state index contributed by atoms with van der Waals surface area (Å²) in [5.41, 5.74) is 6.72.